The van der Waals surface area contributed by atoms with E-state index in [0.29, 0.717) is 12.1 Å². The molecule has 0 saturated carbocycles. The average molecular weight is 293 g/mol. The van der Waals surface area contributed by atoms with Gasteiger partial charge in [0.1, 0.15) is 5.82 Å². The molecule has 1 unspecified atom stereocenters. The van der Waals surface area contributed by atoms with Gasteiger partial charge in [0.2, 0.25) is 5.95 Å². The van der Waals surface area contributed by atoms with E-state index >= 15 is 0 Å². The zero-order chi connectivity index (χ0) is 15.1. The molecule has 0 aliphatic carbocycles. The Bertz CT molecular complexity index is 432. The third kappa shape index (κ3) is 5.85. The van der Waals surface area contributed by atoms with Crippen molar-refractivity contribution in [2.45, 2.75) is 32.3 Å². The van der Waals surface area contributed by atoms with Crippen molar-refractivity contribution in [3.05, 3.63) is 11.8 Å². The van der Waals surface area contributed by atoms with E-state index in [9.17, 15) is 0 Å². The molecule has 6 heteroatoms. The molecule has 1 saturated heterocycles. The Morgan fingerprint density at radius 1 is 1.33 bits per heavy atom. The molecule has 1 aromatic rings. The van der Waals surface area contributed by atoms with Gasteiger partial charge in [-0.15, -0.1) is 0 Å². The molecule has 2 N–H and O–H groups in total. The van der Waals surface area contributed by atoms with Gasteiger partial charge in [-0.05, 0) is 46.8 Å². The SMILES string of the molecule is Cc1cc(NCC2CCCO2)nc(NCCCN(C)C)n1. The molecule has 6 nitrogen and oxygen atoms in total. The Morgan fingerprint density at radius 2 is 2.19 bits per heavy atom. The summed E-state index contributed by atoms with van der Waals surface area (Å²) in [5, 5.41) is 6.64. The van der Waals surface area contributed by atoms with E-state index in [-0.39, 0.29) is 0 Å². The van der Waals surface area contributed by atoms with Crippen LogP contribution in [0.3, 0.4) is 0 Å². The van der Waals surface area contributed by atoms with Crippen LogP contribution < -0.4 is 10.6 Å². The largest absolute Gasteiger partial charge is 0.376 e. The first kappa shape index (κ1) is 16.0. The highest BCUT2D eigenvalue weighted by Crippen LogP contribution is 2.14. The summed E-state index contributed by atoms with van der Waals surface area (Å²) in [7, 11) is 4.16. The molecule has 1 fully saturated rings. The lowest BCUT2D eigenvalue weighted by molar-refractivity contribution is 0.120. The third-order valence-corrected chi connectivity index (χ3v) is 3.45. The van der Waals surface area contributed by atoms with Crippen molar-refractivity contribution in [3.63, 3.8) is 0 Å². The first-order chi connectivity index (χ1) is 10.1. The summed E-state index contributed by atoms with van der Waals surface area (Å²) >= 11 is 0. The van der Waals surface area contributed by atoms with E-state index < -0.39 is 0 Å². The zero-order valence-corrected chi connectivity index (χ0v) is 13.4. The Kier molecular flexibility index (Phi) is 6.20. The van der Waals surface area contributed by atoms with Crippen molar-refractivity contribution in [3.8, 4) is 0 Å². The molecule has 0 spiro atoms. The van der Waals surface area contributed by atoms with Gasteiger partial charge in [0, 0.05) is 31.5 Å². The van der Waals surface area contributed by atoms with Gasteiger partial charge in [-0.1, -0.05) is 0 Å². The van der Waals surface area contributed by atoms with Gasteiger partial charge in [0.15, 0.2) is 0 Å². The summed E-state index contributed by atoms with van der Waals surface area (Å²) in [5.74, 6) is 1.57. The summed E-state index contributed by atoms with van der Waals surface area (Å²) in [6, 6.07) is 1.97. The summed E-state index contributed by atoms with van der Waals surface area (Å²) in [4.78, 5) is 11.1. The second kappa shape index (κ2) is 8.14. The first-order valence-electron chi connectivity index (χ1n) is 7.73. The quantitative estimate of drug-likeness (QED) is 0.712. The minimum Gasteiger partial charge on any atom is -0.376 e. The molecule has 1 aliphatic heterocycles. The van der Waals surface area contributed by atoms with Crippen molar-refractivity contribution in [1.82, 2.24) is 14.9 Å². The van der Waals surface area contributed by atoms with Crippen molar-refractivity contribution < 1.29 is 4.74 Å². The maximum Gasteiger partial charge on any atom is 0.224 e. The van der Waals surface area contributed by atoms with Gasteiger partial charge >= 0.3 is 0 Å². The number of anilines is 2. The van der Waals surface area contributed by atoms with Gasteiger partial charge in [-0.25, -0.2) is 4.98 Å². The Hall–Kier alpha value is -1.40. The van der Waals surface area contributed by atoms with E-state index in [4.69, 9.17) is 4.74 Å². The van der Waals surface area contributed by atoms with Gasteiger partial charge in [-0.2, -0.15) is 4.98 Å². The maximum absolute atomic E-state index is 5.61. The number of nitrogens with zero attached hydrogens (tertiary/aromatic N) is 3. The second-order valence-electron chi connectivity index (χ2n) is 5.82. The van der Waals surface area contributed by atoms with Crippen molar-refractivity contribution in [2.24, 2.45) is 0 Å². The van der Waals surface area contributed by atoms with Gasteiger partial charge in [0.25, 0.3) is 0 Å². The normalized spacial score (nSPS) is 18.2. The number of aromatic nitrogens is 2. The molecule has 0 bridgehead atoms. The molecular formula is C15H27N5O. The average Bonchev–Trinajstić information content (AvgIpc) is 2.94. The summed E-state index contributed by atoms with van der Waals surface area (Å²) < 4.78 is 5.61. The van der Waals surface area contributed by atoms with E-state index in [0.717, 1.165) is 57.0 Å². The van der Waals surface area contributed by atoms with Crippen LogP contribution in [0.5, 0.6) is 0 Å². The van der Waals surface area contributed by atoms with Crippen LogP contribution in [0.2, 0.25) is 0 Å². The highest BCUT2D eigenvalue weighted by atomic mass is 16.5. The van der Waals surface area contributed by atoms with Gasteiger partial charge < -0.3 is 20.3 Å². The van der Waals surface area contributed by atoms with Crippen LogP contribution in [0, 0.1) is 6.92 Å². The number of ether oxygens (including phenoxy) is 1. The van der Waals surface area contributed by atoms with E-state index in [1.54, 1.807) is 0 Å². The molecule has 21 heavy (non-hydrogen) atoms. The van der Waals surface area contributed by atoms with Crippen LogP contribution in [-0.4, -0.2) is 61.3 Å². The number of nitrogens with one attached hydrogen (secondary N) is 2. The summed E-state index contributed by atoms with van der Waals surface area (Å²) in [5.41, 5.74) is 0.968. The number of hydrogen-bond acceptors (Lipinski definition) is 6. The molecule has 0 radical (unpaired) electrons. The van der Waals surface area contributed by atoms with Crippen LogP contribution in [0.4, 0.5) is 11.8 Å². The van der Waals surface area contributed by atoms with Gasteiger partial charge in [0.05, 0.1) is 6.10 Å². The smallest absolute Gasteiger partial charge is 0.224 e. The summed E-state index contributed by atoms with van der Waals surface area (Å²) in [6.45, 7) is 5.63. The van der Waals surface area contributed by atoms with Crippen LogP contribution >= 0.6 is 0 Å². The molecule has 118 valence electrons. The second-order valence-corrected chi connectivity index (χ2v) is 5.82. The summed E-state index contributed by atoms with van der Waals surface area (Å²) in [6.07, 6.45) is 3.68. The zero-order valence-electron chi connectivity index (χ0n) is 13.4. The predicted octanol–water partition coefficient (Wildman–Crippen LogP) is 1.74. The Balaban J connectivity index is 1.81. The molecule has 2 heterocycles. The molecule has 1 atom stereocenters. The van der Waals surface area contributed by atoms with Gasteiger partial charge in [-0.3, -0.25) is 0 Å². The lowest BCUT2D eigenvalue weighted by Crippen LogP contribution is -2.20. The minimum absolute atomic E-state index is 0.316. The fourth-order valence-corrected chi connectivity index (χ4v) is 2.36. The highest BCUT2D eigenvalue weighted by Gasteiger charge is 2.15. The number of aryl methyl sites for hydroxylation is 1. The maximum atomic E-state index is 5.61. The van der Waals surface area contributed by atoms with Crippen LogP contribution in [0.25, 0.3) is 0 Å². The van der Waals surface area contributed by atoms with Crippen molar-refractivity contribution >= 4 is 11.8 Å². The standard InChI is InChI=1S/C15H27N5O/c1-12-10-14(17-11-13-6-4-9-21-13)19-15(18-12)16-7-5-8-20(2)3/h10,13H,4-9,11H2,1-3H3,(H2,16,17,18,19). The Labute approximate surface area is 127 Å². The van der Waals surface area contributed by atoms with E-state index in [2.05, 4.69) is 39.6 Å². The minimum atomic E-state index is 0.316. The van der Waals surface area contributed by atoms with Crippen LogP contribution in [-0.2, 0) is 4.74 Å². The molecule has 2 rings (SSSR count). The Morgan fingerprint density at radius 3 is 2.90 bits per heavy atom. The van der Waals surface area contributed by atoms with E-state index in [1.807, 2.05) is 13.0 Å². The number of hydrogen-bond donors (Lipinski definition) is 2. The topological polar surface area (TPSA) is 62.3 Å². The lowest BCUT2D eigenvalue weighted by atomic mass is 10.2. The fraction of sp³-hybridized carbons (Fsp3) is 0.733. The molecule has 0 amide bonds. The molecular weight excluding hydrogens is 266 g/mol. The molecule has 0 aromatic carbocycles. The highest BCUT2D eigenvalue weighted by molar-refractivity contribution is 5.42. The number of rotatable bonds is 8. The molecule has 1 aromatic heterocycles. The monoisotopic (exact) mass is 293 g/mol. The van der Waals surface area contributed by atoms with Crippen molar-refractivity contribution in [2.75, 3.05) is 51.0 Å². The first-order valence-corrected chi connectivity index (χ1v) is 7.73. The van der Waals surface area contributed by atoms with Crippen LogP contribution in [0.15, 0.2) is 6.07 Å². The fourth-order valence-electron chi connectivity index (χ4n) is 2.36. The van der Waals surface area contributed by atoms with Crippen LogP contribution in [0.1, 0.15) is 25.0 Å². The third-order valence-electron chi connectivity index (χ3n) is 3.45. The predicted molar refractivity (Wildman–Crippen MR) is 85.9 cm³/mol. The van der Waals surface area contributed by atoms with E-state index in [1.165, 1.54) is 0 Å². The van der Waals surface area contributed by atoms with Crippen molar-refractivity contribution in [1.29, 1.82) is 0 Å². The molecule has 1 aliphatic rings. The lowest BCUT2D eigenvalue weighted by Gasteiger charge is -2.13.